The van der Waals surface area contributed by atoms with Crippen LogP contribution < -0.4 is 0 Å². The van der Waals surface area contributed by atoms with Gasteiger partial charge in [-0.2, -0.15) is 5.10 Å². The highest BCUT2D eigenvalue weighted by atomic mass is 32.1. The largest absolute Gasteiger partial charge is 0.293 e. The maximum absolute atomic E-state index is 12.1. The minimum absolute atomic E-state index is 0.130. The van der Waals surface area contributed by atoms with Crippen LogP contribution >= 0.6 is 11.3 Å². The van der Waals surface area contributed by atoms with Gasteiger partial charge in [0.25, 0.3) is 0 Å². The normalized spacial score (nSPS) is 10.8. The van der Waals surface area contributed by atoms with Crippen LogP contribution in [-0.4, -0.2) is 20.5 Å². The molecule has 2 aromatic rings. The average Bonchev–Trinajstić information content (AvgIpc) is 2.99. The Morgan fingerprint density at radius 1 is 1.39 bits per heavy atom. The van der Waals surface area contributed by atoms with Gasteiger partial charge in [0, 0.05) is 11.4 Å². The summed E-state index contributed by atoms with van der Waals surface area (Å²) in [6, 6.07) is 3.93. The van der Waals surface area contributed by atoms with Crippen molar-refractivity contribution in [3.05, 3.63) is 34.0 Å². The van der Waals surface area contributed by atoms with Gasteiger partial charge in [-0.15, -0.1) is 11.3 Å². The smallest absolute Gasteiger partial charge is 0.180 e. The van der Waals surface area contributed by atoms with E-state index < -0.39 is 0 Å². The van der Waals surface area contributed by atoms with Crippen LogP contribution in [0.15, 0.2) is 18.5 Å². The van der Waals surface area contributed by atoms with Crippen molar-refractivity contribution in [2.45, 2.75) is 39.7 Å². The van der Waals surface area contributed by atoms with Crippen LogP contribution in [-0.2, 0) is 19.4 Å². The zero-order valence-electron chi connectivity index (χ0n) is 10.7. The molecule has 5 heteroatoms. The lowest BCUT2D eigenvalue weighted by atomic mass is 10.2. The first-order valence-corrected chi connectivity index (χ1v) is 7.04. The molecule has 0 atom stereocenters. The molecule has 0 bridgehead atoms. The zero-order valence-corrected chi connectivity index (χ0v) is 11.5. The van der Waals surface area contributed by atoms with Gasteiger partial charge in [-0.3, -0.25) is 4.79 Å². The number of Topliss-reactive ketones (excluding diaryl/α,β-unsaturated/α-hetero) is 1. The Bertz CT molecular complexity index is 530. The second kappa shape index (κ2) is 5.91. The Kier molecular flexibility index (Phi) is 4.25. The third-order valence-corrected chi connectivity index (χ3v) is 4.01. The molecule has 0 aliphatic heterocycles. The van der Waals surface area contributed by atoms with E-state index in [9.17, 15) is 4.79 Å². The molecule has 0 N–H and O–H groups in total. The molecule has 0 aliphatic carbocycles. The molecule has 4 nitrogen and oxygen atoms in total. The Morgan fingerprint density at radius 2 is 2.22 bits per heavy atom. The Balaban J connectivity index is 2.08. The second-order valence-electron chi connectivity index (χ2n) is 4.12. The van der Waals surface area contributed by atoms with E-state index in [0.29, 0.717) is 6.42 Å². The van der Waals surface area contributed by atoms with Gasteiger partial charge in [0.2, 0.25) is 0 Å². The van der Waals surface area contributed by atoms with Crippen LogP contribution in [0.1, 0.15) is 40.6 Å². The van der Waals surface area contributed by atoms with Gasteiger partial charge >= 0.3 is 0 Å². The summed E-state index contributed by atoms with van der Waals surface area (Å²) < 4.78 is 1.81. The molecule has 18 heavy (non-hydrogen) atoms. The molecule has 2 rings (SSSR count). The number of aromatic nitrogens is 3. The van der Waals surface area contributed by atoms with E-state index in [0.717, 1.165) is 30.1 Å². The molecule has 0 radical (unpaired) electrons. The summed E-state index contributed by atoms with van der Waals surface area (Å²) in [5.41, 5.74) is 0. The molecule has 0 aromatic carbocycles. The molecule has 2 heterocycles. The molecular weight excluding hydrogens is 246 g/mol. The van der Waals surface area contributed by atoms with Gasteiger partial charge in [0.1, 0.15) is 12.2 Å². The van der Waals surface area contributed by atoms with E-state index in [1.54, 1.807) is 11.3 Å². The van der Waals surface area contributed by atoms with E-state index in [1.165, 1.54) is 11.2 Å². The maximum Gasteiger partial charge on any atom is 0.180 e. The van der Waals surface area contributed by atoms with E-state index >= 15 is 0 Å². The lowest BCUT2D eigenvalue weighted by Crippen LogP contribution is -2.10. The minimum Gasteiger partial charge on any atom is -0.293 e. The van der Waals surface area contributed by atoms with E-state index in [4.69, 9.17) is 0 Å². The van der Waals surface area contributed by atoms with Crippen LogP contribution in [0.25, 0.3) is 0 Å². The molecule has 0 unspecified atom stereocenters. The topological polar surface area (TPSA) is 47.8 Å². The molecule has 96 valence electrons. The number of ketones is 1. The van der Waals surface area contributed by atoms with Crippen molar-refractivity contribution < 1.29 is 4.79 Å². The number of aryl methyl sites for hydroxylation is 2. The zero-order chi connectivity index (χ0) is 13.0. The number of carbonyl (C=O) groups excluding carboxylic acids is 1. The number of carbonyl (C=O) groups is 1. The standard InChI is InChI=1S/C13H17N3OS/c1-3-7-16-13(14-9-15-16)8-11(17)12-6-5-10(4-2)18-12/h5-6,9H,3-4,7-8H2,1-2H3. The van der Waals surface area contributed by atoms with Gasteiger partial charge in [-0.05, 0) is 25.0 Å². The van der Waals surface area contributed by atoms with Crippen LogP contribution in [0.4, 0.5) is 0 Å². The highest BCUT2D eigenvalue weighted by Gasteiger charge is 2.13. The molecule has 2 aromatic heterocycles. The van der Waals surface area contributed by atoms with E-state index in [-0.39, 0.29) is 5.78 Å². The van der Waals surface area contributed by atoms with E-state index in [1.807, 2.05) is 16.8 Å². The predicted octanol–water partition coefficient (Wildman–Crippen LogP) is 2.74. The Labute approximate surface area is 111 Å². The molecular formula is C13H17N3OS. The molecule has 0 saturated carbocycles. The van der Waals surface area contributed by atoms with E-state index in [2.05, 4.69) is 23.9 Å². The van der Waals surface area contributed by atoms with Crippen molar-refractivity contribution in [3.63, 3.8) is 0 Å². The Morgan fingerprint density at radius 3 is 2.89 bits per heavy atom. The summed E-state index contributed by atoms with van der Waals surface area (Å²) in [5.74, 6) is 0.887. The number of hydrogen-bond donors (Lipinski definition) is 0. The lowest BCUT2D eigenvalue weighted by molar-refractivity contribution is 0.0993. The van der Waals surface area contributed by atoms with Gasteiger partial charge in [0.15, 0.2) is 5.78 Å². The highest BCUT2D eigenvalue weighted by Crippen LogP contribution is 2.18. The number of nitrogens with zero attached hydrogens (tertiary/aromatic N) is 3. The fourth-order valence-electron chi connectivity index (χ4n) is 1.77. The summed E-state index contributed by atoms with van der Waals surface area (Å²) in [6.45, 7) is 4.99. The van der Waals surface area contributed by atoms with Crippen LogP contribution in [0, 0.1) is 0 Å². The second-order valence-corrected chi connectivity index (χ2v) is 5.29. The van der Waals surface area contributed by atoms with Gasteiger partial charge in [-0.25, -0.2) is 9.67 Å². The van der Waals surface area contributed by atoms with Gasteiger partial charge in [0.05, 0.1) is 11.3 Å². The Hall–Kier alpha value is -1.49. The first-order chi connectivity index (χ1) is 8.74. The quantitative estimate of drug-likeness (QED) is 0.753. The first-order valence-electron chi connectivity index (χ1n) is 6.23. The van der Waals surface area contributed by atoms with Gasteiger partial charge in [-0.1, -0.05) is 13.8 Å². The molecule has 0 spiro atoms. The fraction of sp³-hybridized carbons (Fsp3) is 0.462. The summed E-state index contributed by atoms with van der Waals surface area (Å²) in [6.07, 6.45) is 3.82. The number of hydrogen-bond acceptors (Lipinski definition) is 4. The van der Waals surface area contributed by atoms with Crippen LogP contribution in [0.3, 0.4) is 0 Å². The number of rotatable bonds is 6. The molecule has 0 amide bonds. The van der Waals surface area contributed by atoms with Crippen molar-refractivity contribution in [2.75, 3.05) is 0 Å². The first kappa shape index (κ1) is 13.0. The monoisotopic (exact) mass is 263 g/mol. The fourth-order valence-corrected chi connectivity index (χ4v) is 2.66. The van der Waals surface area contributed by atoms with Crippen molar-refractivity contribution in [2.24, 2.45) is 0 Å². The molecule has 0 fully saturated rings. The van der Waals surface area contributed by atoms with Crippen LogP contribution in [0.2, 0.25) is 0 Å². The lowest BCUT2D eigenvalue weighted by Gasteiger charge is -2.02. The maximum atomic E-state index is 12.1. The predicted molar refractivity (Wildman–Crippen MR) is 72.0 cm³/mol. The van der Waals surface area contributed by atoms with Crippen LogP contribution in [0.5, 0.6) is 0 Å². The van der Waals surface area contributed by atoms with Crippen molar-refractivity contribution in [1.29, 1.82) is 0 Å². The average molecular weight is 263 g/mol. The molecule has 0 aliphatic rings. The minimum atomic E-state index is 0.130. The molecule has 0 saturated heterocycles. The SMILES string of the molecule is CCCn1ncnc1CC(=O)c1ccc(CC)s1. The van der Waals surface area contributed by atoms with Crippen molar-refractivity contribution >= 4 is 17.1 Å². The van der Waals surface area contributed by atoms with Crippen molar-refractivity contribution in [3.8, 4) is 0 Å². The third kappa shape index (κ3) is 2.85. The third-order valence-electron chi connectivity index (χ3n) is 2.73. The van der Waals surface area contributed by atoms with Crippen molar-refractivity contribution in [1.82, 2.24) is 14.8 Å². The summed E-state index contributed by atoms with van der Waals surface area (Å²) in [5, 5.41) is 4.13. The highest BCUT2D eigenvalue weighted by molar-refractivity contribution is 7.14. The summed E-state index contributed by atoms with van der Waals surface area (Å²) >= 11 is 1.58. The summed E-state index contributed by atoms with van der Waals surface area (Å²) in [4.78, 5) is 18.4. The summed E-state index contributed by atoms with van der Waals surface area (Å²) in [7, 11) is 0. The number of thiophene rings is 1. The van der Waals surface area contributed by atoms with Gasteiger partial charge < -0.3 is 0 Å².